The van der Waals surface area contributed by atoms with E-state index in [1.807, 2.05) is 61.5 Å². The van der Waals surface area contributed by atoms with Gasteiger partial charge in [-0.1, -0.05) is 91.0 Å². The van der Waals surface area contributed by atoms with E-state index in [0.29, 0.717) is 5.69 Å². The summed E-state index contributed by atoms with van der Waals surface area (Å²) >= 11 is 0. The minimum absolute atomic E-state index is 0.0734. The number of aryl methyl sites for hydroxylation is 1. The van der Waals surface area contributed by atoms with Gasteiger partial charge in [0.1, 0.15) is 12.6 Å². The molecule has 40 heavy (non-hydrogen) atoms. The molecule has 0 aliphatic carbocycles. The standard InChI is InChI=1S/C32H33N3O4S/c1-25-14-12-13-17-27(25)23-34(30(32(37)33-2)22-26-15-6-3-7-16-26)31(36)24-35(28-18-8-4-9-19-28)40(38,39)29-20-10-5-11-21-29/h3-21,30H,22-24H2,1-2H3,(H,33,37)/t30-/m0/s1. The minimum atomic E-state index is -4.09. The molecule has 0 radical (unpaired) electrons. The summed E-state index contributed by atoms with van der Waals surface area (Å²) in [6.45, 7) is 1.61. The van der Waals surface area contributed by atoms with Gasteiger partial charge < -0.3 is 10.2 Å². The summed E-state index contributed by atoms with van der Waals surface area (Å²) in [6, 6.07) is 32.8. The predicted octanol–water partition coefficient (Wildman–Crippen LogP) is 4.58. The molecule has 4 aromatic rings. The highest BCUT2D eigenvalue weighted by Gasteiger charge is 2.34. The van der Waals surface area contributed by atoms with E-state index in [9.17, 15) is 18.0 Å². The third-order valence-electron chi connectivity index (χ3n) is 6.77. The maximum atomic E-state index is 14.2. The Hall–Kier alpha value is -4.43. The average molecular weight is 556 g/mol. The van der Waals surface area contributed by atoms with Crippen molar-refractivity contribution in [1.82, 2.24) is 10.2 Å². The van der Waals surface area contributed by atoms with Gasteiger partial charge in [-0.05, 0) is 47.9 Å². The Morgan fingerprint density at radius 2 is 1.32 bits per heavy atom. The summed E-state index contributed by atoms with van der Waals surface area (Å²) in [6.07, 6.45) is 0.273. The maximum absolute atomic E-state index is 14.2. The van der Waals surface area contributed by atoms with E-state index < -0.39 is 28.5 Å². The van der Waals surface area contributed by atoms with Crippen molar-refractivity contribution in [3.63, 3.8) is 0 Å². The van der Waals surface area contributed by atoms with Crippen molar-refractivity contribution >= 4 is 27.5 Å². The molecule has 2 amide bonds. The fourth-order valence-corrected chi connectivity index (χ4v) is 5.97. The van der Waals surface area contributed by atoms with E-state index in [2.05, 4.69) is 5.32 Å². The number of carbonyl (C=O) groups excluding carboxylic acids is 2. The van der Waals surface area contributed by atoms with Crippen molar-refractivity contribution < 1.29 is 18.0 Å². The Morgan fingerprint density at radius 3 is 1.93 bits per heavy atom. The molecule has 8 heteroatoms. The lowest BCUT2D eigenvalue weighted by molar-refractivity contribution is -0.139. The molecule has 0 saturated carbocycles. The van der Waals surface area contributed by atoms with Gasteiger partial charge in [-0.15, -0.1) is 0 Å². The van der Waals surface area contributed by atoms with Crippen molar-refractivity contribution in [2.45, 2.75) is 30.8 Å². The molecule has 0 bridgehead atoms. The third-order valence-corrected chi connectivity index (χ3v) is 8.56. The first-order valence-corrected chi connectivity index (χ1v) is 14.5. The number of likely N-dealkylation sites (N-methyl/N-ethyl adjacent to an activating group) is 1. The SMILES string of the molecule is CNC(=O)[C@H](Cc1ccccc1)N(Cc1ccccc1C)C(=O)CN(c1ccccc1)S(=O)(=O)c1ccccc1. The number of sulfonamides is 1. The summed E-state index contributed by atoms with van der Waals surface area (Å²) in [5, 5.41) is 2.70. The molecule has 0 aliphatic heterocycles. The van der Waals surface area contributed by atoms with Gasteiger partial charge in [0.25, 0.3) is 10.0 Å². The van der Waals surface area contributed by atoms with E-state index in [0.717, 1.165) is 21.0 Å². The number of hydrogen-bond donors (Lipinski definition) is 1. The number of hydrogen-bond acceptors (Lipinski definition) is 4. The van der Waals surface area contributed by atoms with E-state index in [4.69, 9.17) is 0 Å². The molecule has 206 valence electrons. The van der Waals surface area contributed by atoms with Crippen LogP contribution in [0.1, 0.15) is 16.7 Å². The van der Waals surface area contributed by atoms with Gasteiger partial charge in [-0.3, -0.25) is 13.9 Å². The predicted molar refractivity (Wildman–Crippen MR) is 157 cm³/mol. The van der Waals surface area contributed by atoms with Crippen LogP contribution in [0.4, 0.5) is 5.69 Å². The molecule has 0 heterocycles. The third kappa shape index (κ3) is 6.76. The van der Waals surface area contributed by atoms with Gasteiger partial charge in [0.2, 0.25) is 11.8 Å². The molecule has 7 nitrogen and oxygen atoms in total. The van der Waals surface area contributed by atoms with E-state index in [1.54, 1.807) is 48.5 Å². The normalized spacial score (nSPS) is 11.8. The number of rotatable bonds is 11. The maximum Gasteiger partial charge on any atom is 0.264 e. The van der Waals surface area contributed by atoms with Gasteiger partial charge in [0.15, 0.2) is 0 Å². The van der Waals surface area contributed by atoms with Crippen molar-refractivity contribution in [3.8, 4) is 0 Å². The Labute approximate surface area is 236 Å². The lowest BCUT2D eigenvalue weighted by atomic mass is 10.0. The molecule has 1 atom stereocenters. The van der Waals surface area contributed by atoms with Crippen molar-refractivity contribution in [2.75, 3.05) is 17.9 Å². The second-order valence-corrected chi connectivity index (χ2v) is 11.3. The lowest BCUT2D eigenvalue weighted by Gasteiger charge is -2.34. The zero-order chi connectivity index (χ0) is 28.5. The zero-order valence-electron chi connectivity index (χ0n) is 22.6. The number of nitrogens with zero attached hydrogens (tertiary/aromatic N) is 2. The molecular formula is C32H33N3O4S. The van der Waals surface area contributed by atoms with Crippen molar-refractivity contribution in [2.24, 2.45) is 0 Å². The number of amides is 2. The highest BCUT2D eigenvalue weighted by molar-refractivity contribution is 7.92. The monoisotopic (exact) mass is 555 g/mol. The van der Waals surface area contributed by atoms with E-state index in [1.165, 1.54) is 24.1 Å². The van der Waals surface area contributed by atoms with Crippen LogP contribution in [0.5, 0.6) is 0 Å². The van der Waals surface area contributed by atoms with Gasteiger partial charge >= 0.3 is 0 Å². The number of para-hydroxylation sites is 1. The van der Waals surface area contributed by atoms with Gasteiger partial charge in [0, 0.05) is 20.0 Å². The van der Waals surface area contributed by atoms with Crippen LogP contribution in [0.3, 0.4) is 0 Å². The molecule has 0 saturated heterocycles. The van der Waals surface area contributed by atoms with Crippen molar-refractivity contribution in [3.05, 3.63) is 132 Å². The molecule has 0 aliphatic rings. The summed E-state index contributed by atoms with van der Waals surface area (Å²) in [4.78, 5) is 29.1. The molecule has 1 N–H and O–H groups in total. The highest BCUT2D eigenvalue weighted by atomic mass is 32.2. The quantitative estimate of drug-likeness (QED) is 0.294. The molecule has 4 rings (SSSR count). The Kier molecular flexibility index (Phi) is 9.35. The lowest BCUT2D eigenvalue weighted by Crippen LogP contribution is -2.53. The molecule has 0 aromatic heterocycles. The smallest absolute Gasteiger partial charge is 0.264 e. The van der Waals surface area contributed by atoms with Gasteiger partial charge in [-0.2, -0.15) is 0 Å². The number of carbonyl (C=O) groups is 2. The van der Waals surface area contributed by atoms with Crippen LogP contribution in [0.2, 0.25) is 0 Å². The molecular weight excluding hydrogens is 522 g/mol. The van der Waals surface area contributed by atoms with Crippen LogP contribution in [0, 0.1) is 6.92 Å². The van der Waals surface area contributed by atoms with Gasteiger partial charge in [-0.25, -0.2) is 8.42 Å². The second-order valence-electron chi connectivity index (χ2n) is 9.43. The van der Waals surface area contributed by atoms with Crippen LogP contribution in [-0.4, -0.2) is 44.8 Å². The first-order valence-electron chi connectivity index (χ1n) is 13.0. The fraction of sp³-hybridized carbons (Fsp3) is 0.188. The molecule has 0 spiro atoms. The zero-order valence-corrected chi connectivity index (χ0v) is 23.4. The average Bonchev–Trinajstić information content (AvgIpc) is 2.99. The van der Waals surface area contributed by atoms with Crippen LogP contribution >= 0.6 is 0 Å². The first-order chi connectivity index (χ1) is 19.3. The minimum Gasteiger partial charge on any atom is -0.357 e. The Morgan fingerprint density at radius 1 is 0.775 bits per heavy atom. The molecule has 0 fully saturated rings. The van der Waals surface area contributed by atoms with E-state index >= 15 is 0 Å². The summed E-state index contributed by atoms with van der Waals surface area (Å²) < 4.78 is 28.8. The van der Waals surface area contributed by atoms with Gasteiger partial charge in [0.05, 0.1) is 10.6 Å². The van der Waals surface area contributed by atoms with Crippen LogP contribution in [0.25, 0.3) is 0 Å². The Balaban J connectivity index is 1.77. The largest absolute Gasteiger partial charge is 0.357 e. The number of nitrogens with one attached hydrogen (secondary N) is 1. The number of anilines is 1. The highest BCUT2D eigenvalue weighted by Crippen LogP contribution is 2.25. The molecule has 4 aromatic carbocycles. The number of benzene rings is 4. The summed E-state index contributed by atoms with van der Waals surface area (Å²) in [7, 11) is -2.55. The Bertz CT molecular complexity index is 1530. The molecule has 0 unspecified atom stereocenters. The second kappa shape index (κ2) is 13.1. The summed E-state index contributed by atoms with van der Waals surface area (Å²) in [5.74, 6) is -0.820. The first kappa shape index (κ1) is 28.6. The van der Waals surface area contributed by atoms with Crippen LogP contribution < -0.4 is 9.62 Å². The van der Waals surface area contributed by atoms with E-state index in [-0.39, 0.29) is 23.8 Å². The van der Waals surface area contributed by atoms with Crippen LogP contribution in [0.15, 0.2) is 120 Å². The summed E-state index contributed by atoms with van der Waals surface area (Å²) in [5.41, 5.74) is 3.08. The fourth-order valence-electron chi connectivity index (χ4n) is 4.53. The van der Waals surface area contributed by atoms with Crippen molar-refractivity contribution in [1.29, 1.82) is 0 Å². The topological polar surface area (TPSA) is 86.8 Å². The van der Waals surface area contributed by atoms with Crippen LogP contribution in [-0.2, 0) is 32.6 Å².